The van der Waals surface area contributed by atoms with Crippen LogP contribution >= 0.6 is 0 Å². The molecule has 0 radical (unpaired) electrons. The topological polar surface area (TPSA) is 158 Å². The van der Waals surface area contributed by atoms with E-state index in [0.717, 1.165) is 68.1 Å². The maximum atomic E-state index is 14.9. The lowest BCUT2D eigenvalue weighted by molar-refractivity contribution is -0.223. The number of nitrogens with one attached hydrogen (secondary N) is 1. The number of ether oxygens (including phenoxy) is 2. The number of carbonyl (C=O) groups is 1. The number of epoxide rings is 1. The molecular formula is C45H64N2O7. The van der Waals surface area contributed by atoms with Gasteiger partial charge in [0, 0.05) is 29.9 Å². The van der Waals surface area contributed by atoms with E-state index in [4.69, 9.17) is 15.2 Å². The maximum absolute atomic E-state index is 14.9. The number of hydrogen-bond acceptors (Lipinski definition) is 9. The lowest BCUT2D eigenvalue weighted by atomic mass is 9.33. The highest BCUT2D eigenvalue weighted by atomic mass is 16.6. The molecule has 17 atom stereocenters. The van der Waals surface area contributed by atoms with Gasteiger partial charge in [-0.2, -0.15) is 0 Å². The molecule has 296 valence electrons. The van der Waals surface area contributed by atoms with Crippen LogP contribution in [0, 0.1) is 63.6 Å². The number of hydrogen-bond donors (Lipinski definition) is 6. The molecule has 9 heteroatoms. The first-order valence-electron chi connectivity index (χ1n) is 21.5. The highest BCUT2D eigenvalue weighted by molar-refractivity contribution is 6.01. The number of aliphatic hydroxyl groups excluding tert-OH is 2. The Balaban J connectivity index is 1.04. The Kier molecular flexibility index (Phi) is 7.93. The summed E-state index contributed by atoms with van der Waals surface area (Å²) >= 11 is 0. The third-order valence-corrected chi connectivity index (χ3v) is 18.5. The fourth-order valence-electron chi connectivity index (χ4n) is 15.8. The average molecular weight is 745 g/mol. The van der Waals surface area contributed by atoms with Crippen LogP contribution in [0.2, 0.25) is 0 Å². The van der Waals surface area contributed by atoms with Gasteiger partial charge in [0.2, 0.25) is 0 Å². The third kappa shape index (κ3) is 4.46. The normalized spacial score (nSPS) is 52.0. The van der Waals surface area contributed by atoms with Gasteiger partial charge in [0.1, 0.15) is 17.8 Å². The first kappa shape index (κ1) is 36.3. The monoisotopic (exact) mass is 744 g/mol. The van der Waals surface area contributed by atoms with Crippen molar-refractivity contribution < 1.29 is 34.7 Å². The molecule has 1 spiro atoms. The van der Waals surface area contributed by atoms with E-state index >= 15 is 0 Å². The van der Waals surface area contributed by atoms with Crippen LogP contribution in [-0.2, 0) is 14.3 Å². The molecule has 0 aromatic heterocycles. The summed E-state index contributed by atoms with van der Waals surface area (Å²) in [5.74, 6) is 2.21. The van der Waals surface area contributed by atoms with E-state index in [1.165, 1.54) is 0 Å². The second kappa shape index (κ2) is 11.8. The quantitative estimate of drug-likeness (QED) is 0.151. The van der Waals surface area contributed by atoms with Gasteiger partial charge in [0.05, 0.1) is 29.7 Å². The lowest BCUT2D eigenvalue weighted by Gasteiger charge is -2.71. The minimum Gasteiger partial charge on any atom is -0.396 e. The highest BCUT2D eigenvalue weighted by Gasteiger charge is 2.80. The van der Waals surface area contributed by atoms with Crippen LogP contribution in [0.5, 0.6) is 0 Å². The van der Waals surface area contributed by atoms with E-state index in [9.17, 15) is 25.2 Å². The lowest BCUT2D eigenvalue weighted by Crippen LogP contribution is -2.71. The predicted octanol–water partition coefficient (Wildman–Crippen LogP) is 4.83. The first-order chi connectivity index (χ1) is 25.6. The number of allylic oxidation sites excluding steroid dienone is 5. The second-order valence-electron chi connectivity index (χ2n) is 20.8. The molecule has 2 saturated heterocycles. The Morgan fingerprint density at radius 2 is 1.94 bits per heavy atom. The molecule has 10 aliphatic rings. The van der Waals surface area contributed by atoms with Crippen molar-refractivity contribution in [1.29, 1.82) is 0 Å². The summed E-state index contributed by atoms with van der Waals surface area (Å²) in [7, 11) is 0. The molecule has 10 rings (SSSR count). The Morgan fingerprint density at radius 3 is 2.70 bits per heavy atom. The average Bonchev–Trinajstić information content (AvgIpc) is 3.91. The molecule has 0 aromatic carbocycles. The van der Waals surface area contributed by atoms with Crippen molar-refractivity contribution >= 4 is 5.78 Å². The van der Waals surface area contributed by atoms with Gasteiger partial charge in [-0.15, -0.1) is 0 Å². The summed E-state index contributed by atoms with van der Waals surface area (Å²) in [5.41, 5.74) is 4.39. The van der Waals surface area contributed by atoms with Crippen molar-refractivity contribution in [2.75, 3.05) is 19.8 Å². The van der Waals surface area contributed by atoms with Crippen molar-refractivity contribution in [1.82, 2.24) is 5.32 Å². The molecule has 3 aliphatic heterocycles. The summed E-state index contributed by atoms with van der Waals surface area (Å²) in [4.78, 5) is 14.9. The summed E-state index contributed by atoms with van der Waals surface area (Å²) in [6, 6.07) is 0. The van der Waals surface area contributed by atoms with Gasteiger partial charge in [0.25, 0.3) is 0 Å². The maximum Gasteiger partial charge on any atom is 0.162 e. The molecule has 6 fully saturated rings. The largest absolute Gasteiger partial charge is 0.396 e. The van der Waals surface area contributed by atoms with Gasteiger partial charge >= 0.3 is 0 Å². The second-order valence-corrected chi connectivity index (χ2v) is 20.8. The van der Waals surface area contributed by atoms with E-state index in [-0.39, 0.29) is 53.5 Å². The minimum atomic E-state index is -1.35. The third-order valence-electron chi connectivity index (χ3n) is 18.5. The van der Waals surface area contributed by atoms with E-state index < -0.39 is 39.8 Å². The molecule has 4 saturated carbocycles. The van der Waals surface area contributed by atoms with Gasteiger partial charge < -0.3 is 41.0 Å². The number of aliphatic hydroxyl groups is 4. The zero-order valence-corrected chi connectivity index (χ0v) is 32.9. The molecule has 9 nitrogen and oxygen atoms in total. The summed E-state index contributed by atoms with van der Waals surface area (Å²) in [6.45, 7) is 9.55. The van der Waals surface area contributed by atoms with Crippen LogP contribution in [0.1, 0.15) is 105 Å². The summed E-state index contributed by atoms with van der Waals surface area (Å²) < 4.78 is 14.0. The van der Waals surface area contributed by atoms with Crippen molar-refractivity contribution in [3.63, 3.8) is 0 Å². The Labute approximate surface area is 320 Å². The van der Waals surface area contributed by atoms with Crippen LogP contribution in [0.15, 0.2) is 46.8 Å². The Hall–Kier alpha value is -2.01. The molecule has 0 amide bonds. The number of dihydropyridines is 1. The van der Waals surface area contributed by atoms with Gasteiger partial charge in [-0.05, 0) is 154 Å². The molecule has 0 aromatic rings. The van der Waals surface area contributed by atoms with Crippen molar-refractivity contribution in [3.8, 4) is 0 Å². The minimum absolute atomic E-state index is 0.0225. The highest BCUT2D eigenvalue weighted by Crippen LogP contribution is 2.79. The van der Waals surface area contributed by atoms with Crippen molar-refractivity contribution in [2.45, 2.75) is 140 Å². The van der Waals surface area contributed by atoms with Crippen LogP contribution in [-0.4, -0.2) is 81.1 Å². The molecule has 3 heterocycles. The van der Waals surface area contributed by atoms with Crippen molar-refractivity contribution in [3.05, 3.63) is 46.8 Å². The number of rotatable bonds is 8. The number of Topliss-reactive ketones (excluding diaryl/α,β-unsaturated/α-hetero) is 1. The van der Waals surface area contributed by atoms with E-state index in [1.807, 2.05) is 19.9 Å². The van der Waals surface area contributed by atoms with Crippen LogP contribution in [0.3, 0.4) is 0 Å². The zero-order chi connectivity index (χ0) is 37.8. The zero-order valence-electron chi connectivity index (χ0n) is 32.9. The number of carbonyl (C=O) groups excluding carboxylic acids is 1. The van der Waals surface area contributed by atoms with Gasteiger partial charge in [-0.25, -0.2) is 0 Å². The molecule has 7 N–H and O–H groups in total. The van der Waals surface area contributed by atoms with Crippen LogP contribution < -0.4 is 11.1 Å². The summed E-state index contributed by atoms with van der Waals surface area (Å²) in [6.07, 6.45) is 16.9. The van der Waals surface area contributed by atoms with Gasteiger partial charge in [-0.3, -0.25) is 4.79 Å². The first-order valence-corrected chi connectivity index (χ1v) is 21.5. The Bertz CT molecular complexity index is 1750. The van der Waals surface area contributed by atoms with E-state index in [2.05, 4.69) is 37.4 Å². The molecule has 7 aliphatic carbocycles. The molecule has 54 heavy (non-hydrogen) atoms. The summed E-state index contributed by atoms with van der Waals surface area (Å²) in [5, 5.41) is 51.7. The van der Waals surface area contributed by atoms with Gasteiger partial charge in [0.15, 0.2) is 5.78 Å². The van der Waals surface area contributed by atoms with E-state index in [0.29, 0.717) is 62.4 Å². The predicted molar refractivity (Wildman–Crippen MR) is 203 cm³/mol. The smallest absolute Gasteiger partial charge is 0.162 e. The van der Waals surface area contributed by atoms with Crippen LogP contribution in [0.4, 0.5) is 0 Å². The number of ketones is 1. The SMILES string of the molecule is CC1CCOC(C2OC2C(C)(O)C(C)(CO)CCC2=CCNC(N)=C2)(C2CC3CCC4=C5C6C(CC7C=CCC68C(CC(O)CC78)C4=O)CC2(C)C53O)C1. The van der Waals surface area contributed by atoms with Gasteiger partial charge in [-0.1, -0.05) is 39.0 Å². The Morgan fingerprint density at radius 1 is 1.13 bits per heavy atom. The fraction of sp³-hybridized carbons (Fsp3) is 0.800. The molecular weight excluding hydrogens is 681 g/mol. The van der Waals surface area contributed by atoms with Crippen molar-refractivity contribution in [2.24, 2.45) is 69.3 Å². The van der Waals surface area contributed by atoms with E-state index in [1.54, 1.807) is 0 Å². The standard InChI is InChI=1S/C45H64N2O7/c1-24-11-15-53-44(21-24,39-38(54-39)42(4,51)40(2,23-48)13-9-25-10-14-47-34(46)16-25)33-18-28-7-8-30-36-35-27(22-41(33,3)45(28,36)52)17-26-6-5-12-43(35)31(26)19-29(49)20-32(43)37(30)50/h5-6,10,16,24,26-29,31-33,35,38-39,47-49,51-52H,7-9,11-15,17-23,46H2,1-4H3. The van der Waals surface area contributed by atoms with Crippen LogP contribution in [0.25, 0.3) is 0 Å². The molecule has 2 bridgehead atoms. The number of nitrogens with two attached hydrogens (primary N) is 1. The molecule has 17 unspecified atom stereocenters. The fourth-order valence-corrected chi connectivity index (χ4v) is 15.8.